The summed E-state index contributed by atoms with van der Waals surface area (Å²) >= 11 is 6.37. The minimum atomic E-state index is -0.224. The molecule has 5 nitrogen and oxygen atoms in total. The minimum Gasteiger partial charge on any atom is -0.450 e. The maximum absolute atomic E-state index is 11.7. The van der Waals surface area contributed by atoms with E-state index in [-0.39, 0.29) is 6.09 Å². The predicted octanol–water partition coefficient (Wildman–Crippen LogP) is 3.47. The second-order valence-electron chi connectivity index (χ2n) is 6.10. The maximum atomic E-state index is 11.7. The molecule has 0 atom stereocenters. The number of carbonyl (C=O) groups excluding carboxylic acids is 1. The Bertz CT molecular complexity index is 742. The average molecular weight is 348 g/mol. The van der Waals surface area contributed by atoms with Crippen LogP contribution in [0.15, 0.2) is 24.3 Å². The molecule has 1 aliphatic heterocycles. The van der Waals surface area contributed by atoms with Gasteiger partial charge >= 0.3 is 6.09 Å². The molecule has 1 fully saturated rings. The fourth-order valence-corrected chi connectivity index (χ4v) is 3.16. The zero-order valence-electron chi connectivity index (χ0n) is 14.1. The molecule has 0 saturated carbocycles. The van der Waals surface area contributed by atoms with Gasteiger partial charge in [-0.25, -0.2) is 9.78 Å². The molecule has 0 spiro atoms. The van der Waals surface area contributed by atoms with Gasteiger partial charge in [0.05, 0.1) is 12.1 Å². The highest BCUT2D eigenvalue weighted by atomic mass is 35.5. The zero-order valence-corrected chi connectivity index (χ0v) is 14.8. The van der Waals surface area contributed by atoms with Gasteiger partial charge in [0.25, 0.3) is 0 Å². The van der Waals surface area contributed by atoms with Crippen molar-refractivity contribution in [3.8, 4) is 0 Å². The molecule has 0 unspecified atom stereocenters. The number of piperazine rings is 1. The summed E-state index contributed by atoms with van der Waals surface area (Å²) in [6.45, 7) is 8.00. The van der Waals surface area contributed by atoms with Gasteiger partial charge in [-0.2, -0.15) is 0 Å². The number of nitrogens with zero attached hydrogens (tertiary/aromatic N) is 3. The first-order valence-corrected chi connectivity index (χ1v) is 8.64. The highest BCUT2D eigenvalue weighted by Gasteiger charge is 2.22. The highest BCUT2D eigenvalue weighted by Crippen LogP contribution is 2.23. The Morgan fingerprint density at radius 2 is 2.00 bits per heavy atom. The molecule has 128 valence electrons. The Hall–Kier alpha value is -1.85. The van der Waals surface area contributed by atoms with E-state index in [2.05, 4.69) is 28.1 Å². The molecule has 1 saturated heterocycles. The second-order valence-corrected chi connectivity index (χ2v) is 6.45. The van der Waals surface area contributed by atoms with E-state index >= 15 is 0 Å². The maximum Gasteiger partial charge on any atom is 0.409 e. The zero-order chi connectivity index (χ0) is 17.1. The van der Waals surface area contributed by atoms with Crippen LogP contribution in [0.3, 0.4) is 0 Å². The molecule has 6 heteroatoms. The van der Waals surface area contributed by atoms with Gasteiger partial charge in [0.2, 0.25) is 0 Å². The minimum absolute atomic E-state index is 0.224. The monoisotopic (exact) mass is 347 g/mol. The molecule has 2 heterocycles. The highest BCUT2D eigenvalue weighted by molar-refractivity contribution is 6.30. The van der Waals surface area contributed by atoms with Crippen LogP contribution in [-0.4, -0.2) is 53.7 Å². The summed E-state index contributed by atoms with van der Waals surface area (Å²) in [5.74, 6) is 0. The number of carbonyl (C=O) groups is 1. The normalized spacial score (nSPS) is 15.7. The average Bonchev–Trinajstić information content (AvgIpc) is 2.56. The number of rotatable bonds is 3. The molecule has 0 N–H and O–H groups in total. The van der Waals surface area contributed by atoms with Crippen LogP contribution < -0.4 is 0 Å². The quantitative estimate of drug-likeness (QED) is 0.797. The lowest BCUT2D eigenvalue weighted by Crippen LogP contribution is -2.48. The van der Waals surface area contributed by atoms with E-state index in [0.717, 1.165) is 36.1 Å². The van der Waals surface area contributed by atoms with Gasteiger partial charge in [-0.3, -0.25) is 4.90 Å². The molecule has 24 heavy (non-hydrogen) atoms. The Balaban J connectivity index is 1.67. The van der Waals surface area contributed by atoms with Crippen molar-refractivity contribution in [3.05, 3.63) is 40.5 Å². The summed E-state index contributed by atoms with van der Waals surface area (Å²) in [5.41, 5.74) is 3.13. The smallest absolute Gasteiger partial charge is 0.409 e. The first-order valence-electron chi connectivity index (χ1n) is 8.26. The van der Waals surface area contributed by atoms with Crippen LogP contribution in [0.5, 0.6) is 0 Å². The van der Waals surface area contributed by atoms with E-state index in [1.807, 2.05) is 19.9 Å². The third-order valence-corrected chi connectivity index (χ3v) is 4.62. The van der Waals surface area contributed by atoms with Crippen LogP contribution in [0.2, 0.25) is 5.15 Å². The molecule has 1 aromatic heterocycles. The number of fused-ring (bicyclic) bond motifs is 1. The van der Waals surface area contributed by atoms with Crippen molar-refractivity contribution < 1.29 is 9.53 Å². The summed E-state index contributed by atoms with van der Waals surface area (Å²) < 4.78 is 5.05. The summed E-state index contributed by atoms with van der Waals surface area (Å²) in [6.07, 6.45) is -0.224. The molecule has 0 aliphatic carbocycles. The standard InChI is InChI=1S/C18H22ClN3O2/c1-3-24-18(23)22-8-6-21(7-9-22)12-15-11-14-5-4-13(2)10-16(14)20-17(15)19/h4-5,10-11H,3,6-9,12H2,1-2H3. The summed E-state index contributed by atoms with van der Waals surface area (Å²) in [4.78, 5) is 20.3. The Kier molecular flexibility index (Phi) is 5.21. The third-order valence-electron chi connectivity index (χ3n) is 4.29. The molecule has 0 radical (unpaired) electrons. The first-order chi connectivity index (χ1) is 11.6. The number of ether oxygens (including phenoxy) is 1. The van der Waals surface area contributed by atoms with Crippen molar-refractivity contribution in [2.75, 3.05) is 32.8 Å². The molecular weight excluding hydrogens is 326 g/mol. The fourth-order valence-electron chi connectivity index (χ4n) is 2.95. The van der Waals surface area contributed by atoms with Crippen molar-refractivity contribution in [3.63, 3.8) is 0 Å². The van der Waals surface area contributed by atoms with E-state index in [1.165, 1.54) is 5.56 Å². The third kappa shape index (κ3) is 3.79. The largest absolute Gasteiger partial charge is 0.450 e. The second kappa shape index (κ2) is 7.36. The van der Waals surface area contributed by atoms with Crippen molar-refractivity contribution in [1.29, 1.82) is 0 Å². The number of aromatic nitrogens is 1. The predicted molar refractivity (Wildman–Crippen MR) is 95.4 cm³/mol. The van der Waals surface area contributed by atoms with Crippen molar-refractivity contribution in [2.24, 2.45) is 0 Å². The molecule has 1 aromatic carbocycles. The lowest BCUT2D eigenvalue weighted by atomic mass is 10.1. The van der Waals surface area contributed by atoms with Crippen molar-refractivity contribution >= 4 is 28.6 Å². The Labute approximate surface area is 147 Å². The number of amides is 1. The van der Waals surface area contributed by atoms with Crippen LogP contribution in [0.1, 0.15) is 18.1 Å². The summed E-state index contributed by atoms with van der Waals surface area (Å²) in [7, 11) is 0. The number of pyridine rings is 1. The van der Waals surface area contributed by atoms with Crippen LogP contribution >= 0.6 is 11.6 Å². The van der Waals surface area contributed by atoms with Gasteiger partial charge in [-0.15, -0.1) is 0 Å². The van der Waals surface area contributed by atoms with E-state index in [1.54, 1.807) is 4.90 Å². The molecule has 1 amide bonds. The van der Waals surface area contributed by atoms with Gasteiger partial charge < -0.3 is 9.64 Å². The van der Waals surface area contributed by atoms with Gasteiger partial charge in [0, 0.05) is 43.7 Å². The van der Waals surface area contributed by atoms with Crippen LogP contribution in [0.25, 0.3) is 10.9 Å². The molecule has 3 rings (SSSR count). The lowest BCUT2D eigenvalue weighted by Gasteiger charge is -2.34. The lowest BCUT2D eigenvalue weighted by molar-refractivity contribution is 0.0778. The van der Waals surface area contributed by atoms with E-state index in [4.69, 9.17) is 16.3 Å². The molecule has 1 aliphatic rings. The summed E-state index contributed by atoms with van der Waals surface area (Å²) in [5, 5.41) is 1.66. The number of hydrogen-bond acceptors (Lipinski definition) is 4. The van der Waals surface area contributed by atoms with Gasteiger partial charge in [0.1, 0.15) is 5.15 Å². The van der Waals surface area contributed by atoms with E-state index < -0.39 is 0 Å². The Morgan fingerprint density at radius 3 is 2.71 bits per heavy atom. The number of hydrogen-bond donors (Lipinski definition) is 0. The first kappa shape index (κ1) is 17.0. The van der Waals surface area contributed by atoms with Crippen LogP contribution in [0.4, 0.5) is 4.79 Å². The SMILES string of the molecule is CCOC(=O)N1CCN(Cc2cc3ccc(C)cc3nc2Cl)CC1. The Morgan fingerprint density at radius 1 is 1.25 bits per heavy atom. The van der Waals surface area contributed by atoms with Crippen LogP contribution in [0, 0.1) is 6.92 Å². The fraction of sp³-hybridized carbons (Fsp3) is 0.444. The number of aryl methyl sites for hydroxylation is 1. The van der Waals surface area contributed by atoms with E-state index in [9.17, 15) is 4.79 Å². The molecular formula is C18H22ClN3O2. The number of benzene rings is 1. The molecule has 2 aromatic rings. The summed E-state index contributed by atoms with van der Waals surface area (Å²) in [6, 6.07) is 8.32. The van der Waals surface area contributed by atoms with Crippen molar-refractivity contribution in [2.45, 2.75) is 20.4 Å². The topological polar surface area (TPSA) is 45.7 Å². The molecule has 0 bridgehead atoms. The number of halogens is 1. The van der Waals surface area contributed by atoms with Crippen molar-refractivity contribution in [1.82, 2.24) is 14.8 Å². The van der Waals surface area contributed by atoms with Crippen LogP contribution in [-0.2, 0) is 11.3 Å². The van der Waals surface area contributed by atoms with Gasteiger partial charge in [-0.1, -0.05) is 23.7 Å². The van der Waals surface area contributed by atoms with Gasteiger partial charge in [0.15, 0.2) is 0 Å². The van der Waals surface area contributed by atoms with E-state index in [0.29, 0.717) is 24.8 Å². The van der Waals surface area contributed by atoms with Gasteiger partial charge in [-0.05, 0) is 31.5 Å².